The quantitative estimate of drug-likeness (QED) is 0.528. The number of H-pyrrole nitrogens is 1. The normalized spacial score (nSPS) is 11.8. The average molecular weight is 287 g/mol. The van der Waals surface area contributed by atoms with Crippen molar-refractivity contribution in [3.8, 4) is 0 Å². The highest BCUT2D eigenvalue weighted by atomic mass is 32.2. The van der Waals surface area contributed by atoms with Crippen LogP contribution in [0.4, 0.5) is 4.79 Å². The van der Waals surface area contributed by atoms with Crippen molar-refractivity contribution in [1.82, 2.24) is 25.8 Å². The number of nitrogens with zero attached hydrogens (tertiary/aromatic N) is 2. The molecule has 0 bridgehead atoms. The Bertz CT molecular complexity index is 398. The lowest BCUT2D eigenvalue weighted by Gasteiger charge is -2.14. The van der Waals surface area contributed by atoms with Crippen molar-refractivity contribution in [3.63, 3.8) is 0 Å². The number of carboxylic acid groups (broad SMARTS) is 1. The van der Waals surface area contributed by atoms with Gasteiger partial charge in [-0.05, 0) is 18.4 Å². The molecular formula is C10H17N5O3S. The molecule has 4 N–H and O–H groups in total. The van der Waals surface area contributed by atoms with E-state index in [1.54, 1.807) is 0 Å². The smallest absolute Gasteiger partial charge is 0.326 e. The standard InChI is InChI=1S/C10H17N5O3S/c1-19-5-3-7(9(16)17)14-10(18)11-4-2-8-12-6-13-15-8/h6-7H,2-5H2,1H3,(H,16,17)(H2,11,14,18)(H,12,13,15)/t7-/m1/s1. The molecule has 106 valence electrons. The molecule has 0 aliphatic rings. The zero-order valence-corrected chi connectivity index (χ0v) is 11.4. The van der Waals surface area contributed by atoms with Crippen molar-refractivity contribution >= 4 is 23.8 Å². The molecule has 1 atom stereocenters. The Kier molecular flexibility index (Phi) is 6.72. The number of amides is 2. The zero-order valence-electron chi connectivity index (χ0n) is 10.5. The summed E-state index contributed by atoms with van der Waals surface area (Å²) in [6, 6.07) is -1.36. The van der Waals surface area contributed by atoms with Gasteiger partial charge in [-0.25, -0.2) is 14.6 Å². The number of aliphatic carboxylic acids is 1. The van der Waals surface area contributed by atoms with Crippen LogP contribution in [0, 0.1) is 0 Å². The third kappa shape index (κ3) is 6.09. The first-order chi connectivity index (χ1) is 9.13. The van der Waals surface area contributed by atoms with E-state index in [1.807, 2.05) is 6.26 Å². The van der Waals surface area contributed by atoms with Gasteiger partial charge in [0.25, 0.3) is 0 Å². The fraction of sp³-hybridized carbons (Fsp3) is 0.600. The molecule has 0 fully saturated rings. The predicted molar refractivity (Wildman–Crippen MR) is 71.0 cm³/mol. The largest absolute Gasteiger partial charge is 0.480 e. The highest BCUT2D eigenvalue weighted by molar-refractivity contribution is 7.98. The molecule has 1 aromatic heterocycles. The summed E-state index contributed by atoms with van der Waals surface area (Å²) in [6.45, 7) is 0.357. The van der Waals surface area contributed by atoms with E-state index in [0.29, 0.717) is 31.0 Å². The van der Waals surface area contributed by atoms with Crippen LogP contribution in [0.15, 0.2) is 6.33 Å². The molecule has 0 radical (unpaired) electrons. The summed E-state index contributed by atoms with van der Waals surface area (Å²) < 4.78 is 0. The van der Waals surface area contributed by atoms with Crippen LogP contribution in [0.1, 0.15) is 12.2 Å². The van der Waals surface area contributed by atoms with Gasteiger partial charge in [0, 0.05) is 13.0 Å². The first-order valence-corrected chi connectivity index (χ1v) is 7.13. The van der Waals surface area contributed by atoms with Crippen LogP contribution in [-0.2, 0) is 11.2 Å². The molecule has 0 aliphatic heterocycles. The first kappa shape index (κ1) is 15.3. The number of thioether (sulfide) groups is 1. The topological polar surface area (TPSA) is 120 Å². The summed E-state index contributed by atoms with van der Waals surface area (Å²) in [5.41, 5.74) is 0. The molecule has 0 saturated heterocycles. The number of aromatic amines is 1. The molecule has 9 heteroatoms. The van der Waals surface area contributed by atoms with E-state index in [0.717, 1.165) is 0 Å². The van der Waals surface area contributed by atoms with E-state index < -0.39 is 18.0 Å². The van der Waals surface area contributed by atoms with Crippen molar-refractivity contribution in [3.05, 3.63) is 12.2 Å². The van der Waals surface area contributed by atoms with Crippen molar-refractivity contribution in [2.45, 2.75) is 18.9 Å². The zero-order chi connectivity index (χ0) is 14.1. The van der Waals surface area contributed by atoms with Gasteiger partial charge in [-0.3, -0.25) is 5.10 Å². The maximum atomic E-state index is 11.5. The van der Waals surface area contributed by atoms with Crippen molar-refractivity contribution in [1.29, 1.82) is 0 Å². The van der Waals surface area contributed by atoms with Gasteiger partial charge in [0.2, 0.25) is 0 Å². The van der Waals surface area contributed by atoms with Crippen molar-refractivity contribution in [2.24, 2.45) is 0 Å². The maximum absolute atomic E-state index is 11.5. The SMILES string of the molecule is CSCC[C@@H](NC(=O)NCCc1ncn[nH]1)C(=O)O. The van der Waals surface area contributed by atoms with Gasteiger partial charge in [-0.1, -0.05) is 0 Å². The second-order valence-electron chi connectivity index (χ2n) is 3.75. The second-order valence-corrected chi connectivity index (χ2v) is 4.74. The van der Waals surface area contributed by atoms with Crippen LogP contribution in [0.5, 0.6) is 0 Å². The highest BCUT2D eigenvalue weighted by Gasteiger charge is 2.18. The Balaban J connectivity index is 2.25. The van der Waals surface area contributed by atoms with Crippen LogP contribution in [-0.4, -0.2) is 56.9 Å². The lowest BCUT2D eigenvalue weighted by Crippen LogP contribution is -2.46. The van der Waals surface area contributed by atoms with Crippen LogP contribution in [0.2, 0.25) is 0 Å². The molecule has 8 nitrogen and oxygen atoms in total. The Labute approximate surface area is 114 Å². The molecule has 0 aromatic carbocycles. The molecule has 0 spiro atoms. The molecule has 0 aliphatic carbocycles. The predicted octanol–water partition coefficient (Wildman–Crippen LogP) is -0.147. The van der Waals surface area contributed by atoms with Crippen LogP contribution in [0.3, 0.4) is 0 Å². The van der Waals surface area contributed by atoms with Gasteiger partial charge in [0.05, 0.1) is 0 Å². The lowest BCUT2D eigenvalue weighted by molar-refractivity contribution is -0.139. The Hall–Kier alpha value is -1.77. The van der Waals surface area contributed by atoms with Gasteiger partial charge >= 0.3 is 12.0 Å². The molecule has 2 amide bonds. The Morgan fingerprint density at radius 1 is 1.58 bits per heavy atom. The Morgan fingerprint density at radius 2 is 2.37 bits per heavy atom. The van der Waals surface area contributed by atoms with E-state index in [9.17, 15) is 9.59 Å². The van der Waals surface area contributed by atoms with Crippen LogP contribution in [0.25, 0.3) is 0 Å². The number of aromatic nitrogens is 3. The van der Waals surface area contributed by atoms with Crippen molar-refractivity contribution < 1.29 is 14.7 Å². The van der Waals surface area contributed by atoms with E-state index in [4.69, 9.17) is 5.11 Å². The molecule has 1 heterocycles. The third-order valence-corrected chi connectivity index (χ3v) is 2.97. The summed E-state index contributed by atoms with van der Waals surface area (Å²) in [7, 11) is 0. The van der Waals surface area contributed by atoms with E-state index in [2.05, 4.69) is 25.8 Å². The number of nitrogens with one attached hydrogen (secondary N) is 3. The van der Waals surface area contributed by atoms with E-state index in [-0.39, 0.29) is 0 Å². The van der Waals surface area contributed by atoms with Gasteiger partial charge in [0.15, 0.2) is 0 Å². The van der Waals surface area contributed by atoms with Gasteiger partial charge in [0.1, 0.15) is 18.2 Å². The number of urea groups is 1. The summed E-state index contributed by atoms with van der Waals surface area (Å²) in [6.07, 6.45) is 4.18. The number of rotatable bonds is 8. The van der Waals surface area contributed by atoms with Crippen LogP contribution >= 0.6 is 11.8 Å². The molecular weight excluding hydrogens is 270 g/mol. The van der Waals surface area contributed by atoms with E-state index in [1.165, 1.54) is 18.1 Å². The monoisotopic (exact) mass is 287 g/mol. The number of hydrogen-bond acceptors (Lipinski definition) is 5. The first-order valence-electron chi connectivity index (χ1n) is 5.74. The highest BCUT2D eigenvalue weighted by Crippen LogP contribution is 2.00. The minimum atomic E-state index is -1.03. The van der Waals surface area contributed by atoms with E-state index >= 15 is 0 Å². The van der Waals surface area contributed by atoms with Gasteiger partial charge in [-0.15, -0.1) is 0 Å². The van der Waals surface area contributed by atoms with Gasteiger partial charge < -0.3 is 15.7 Å². The van der Waals surface area contributed by atoms with Crippen molar-refractivity contribution in [2.75, 3.05) is 18.6 Å². The number of carbonyl (C=O) groups excluding carboxylic acids is 1. The molecule has 19 heavy (non-hydrogen) atoms. The summed E-state index contributed by atoms with van der Waals surface area (Å²) >= 11 is 1.54. The molecule has 0 saturated carbocycles. The molecule has 1 aromatic rings. The minimum Gasteiger partial charge on any atom is -0.480 e. The Morgan fingerprint density at radius 3 is 2.95 bits per heavy atom. The fourth-order valence-electron chi connectivity index (χ4n) is 1.35. The second kappa shape index (κ2) is 8.35. The molecule has 0 unspecified atom stereocenters. The average Bonchev–Trinajstić information content (AvgIpc) is 2.87. The van der Waals surface area contributed by atoms with Gasteiger partial charge in [-0.2, -0.15) is 16.9 Å². The summed E-state index contributed by atoms with van der Waals surface area (Å²) in [4.78, 5) is 26.3. The number of carbonyl (C=O) groups is 2. The lowest BCUT2D eigenvalue weighted by atomic mass is 10.2. The summed E-state index contributed by atoms with van der Waals surface area (Å²) in [5, 5.41) is 20.3. The fourth-order valence-corrected chi connectivity index (χ4v) is 1.82. The number of carboxylic acids is 1. The van der Waals surface area contributed by atoms with Crippen LogP contribution < -0.4 is 10.6 Å². The number of hydrogen-bond donors (Lipinski definition) is 4. The third-order valence-electron chi connectivity index (χ3n) is 2.33. The molecule has 1 rings (SSSR count). The minimum absolute atomic E-state index is 0.357. The maximum Gasteiger partial charge on any atom is 0.326 e. The summed E-state index contributed by atoms with van der Waals surface area (Å²) in [5.74, 6) is 0.312.